The van der Waals surface area contributed by atoms with Crippen LogP contribution in [0.3, 0.4) is 0 Å². The molecule has 1 amide bonds. The van der Waals surface area contributed by atoms with E-state index in [2.05, 4.69) is 39.5 Å². The van der Waals surface area contributed by atoms with E-state index in [0.29, 0.717) is 12.8 Å². The Morgan fingerprint density at radius 1 is 0.379 bits per heavy atom. The highest BCUT2D eigenvalue weighted by atomic mass is 16.6. The van der Waals surface area contributed by atoms with Gasteiger partial charge in [0.15, 0.2) is 0 Å². The summed E-state index contributed by atoms with van der Waals surface area (Å²) in [5, 5.41) is 0. The molecule has 0 bridgehead atoms. The minimum Gasteiger partial charge on any atom is -0.462 e. The molecule has 1 heterocycles. The van der Waals surface area contributed by atoms with Gasteiger partial charge in [-0.15, -0.1) is 0 Å². The van der Waals surface area contributed by atoms with Crippen molar-refractivity contribution in [1.29, 1.82) is 0 Å². The van der Waals surface area contributed by atoms with Gasteiger partial charge in [-0.1, -0.05) is 182 Å². The number of esters is 2. The first-order valence-corrected chi connectivity index (χ1v) is 29.4. The second kappa shape index (κ2) is 46.9. The van der Waals surface area contributed by atoms with Crippen molar-refractivity contribution in [1.82, 2.24) is 9.80 Å². The van der Waals surface area contributed by atoms with E-state index < -0.39 is 0 Å². The Hall–Kier alpha value is -1.83. The Bertz CT molecular complexity index is 1000. The minimum atomic E-state index is -0.109. The maximum Gasteiger partial charge on any atom is 0.410 e. The number of unbranched alkanes of at least 4 members (excludes halogenated alkanes) is 25. The van der Waals surface area contributed by atoms with Crippen LogP contribution in [0.15, 0.2) is 0 Å². The van der Waals surface area contributed by atoms with Crippen LogP contribution in [-0.4, -0.2) is 78.9 Å². The smallest absolute Gasteiger partial charge is 0.410 e. The molecule has 0 atom stereocenters. The Morgan fingerprint density at radius 3 is 1.05 bits per heavy atom. The summed E-state index contributed by atoms with van der Waals surface area (Å²) in [6.45, 7) is 16.0. The predicted octanol–water partition coefficient (Wildman–Crippen LogP) is 17.4. The summed E-state index contributed by atoms with van der Waals surface area (Å²) in [7, 11) is 0. The van der Waals surface area contributed by atoms with E-state index in [0.717, 1.165) is 187 Å². The van der Waals surface area contributed by atoms with Gasteiger partial charge in [0, 0.05) is 32.5 Å². The molecule has 1 aliphatic heterocycles. The molecule has 390 valence electrons. The molecule has 1 saturated heterocycles. The second-order valence-electron chi connectivity index (χ2n) is 20.5. The molecule has 0 spiro atoms. The molecule has 0 aromatic heterocycles. The molecule has 0 N–H and O–H groups in total. The monoisotopic (exact) mass is 933 g/mol. The molecule has 0 aliphatic carbocycles. The second-order valence-corrected chi connectivity index (χ2v) is 20.5. The number of ether oxygens (including phenoxy) is 3. The summed E-state index contributed by atoms with van der Waals surface area (Å²) in [4.78, 5) is 43.9. The van der Waals surface area contributed by atoms with Crippen molar-refractivity contribution in [2.45, 2.75) is 323 Å². The maximum absolute atomic E-state index is 13.8. The van der Waals surface area contributed by atoms with Gasteiger partial charge in [-0.25, -0.2) is 4.79 Å². The van der Waals surface area contributed by atoms with Crippen LogP contribution in [0.1, 0.15) is 304 Å². The zero-order valence-electron chi connectivity index (χ0n) is 44.8. The SMILES string of the molecule is CCCCCCC(CCCCCC)OC(=O)CCCCCCCCC(CCCCCCCCC(=O)OC(CCCCCC)CCCCCC)OC(=O)N(CCCCCC)CCN1CCCC1. The van der Waals surface area contributed by atoms with Gasteiger partial charge in [-0.2, -0.15) is 0 Å². The first-order valence-electron chi connectivity index (χ1n) is 29.4. The molecule has 8 heteroatoms. The highest BCUT2D eigenvalue weighted by Gasteiger charge is 2.22. The fourth-order valence-electron chi connectivity index (χ4n) is 9.68. The molecule has 0 aromatic carbocycles. The Labute approximate surface area is 410 Å². The molecule has 0 saturated carbocycles. The van der Waals surface area contributed by atoms with E-state index >= 15 is 0 Å². The van der Waals surface area contributed by atoms with E-state index in [-0.39, 0.29) is 36.3 Å². The van der Waals surface area contributed by atoms with Crippen LogP contribution < -0.4 is 0 Å². The summed E-state index contributed by atoms with van der Waals surface area (Å²) >= 11 is 0. The molecule has 8 nitrogen and oxygen atoms in total. The lowest BCUT2D eigenvalue weighted by Crippen LogP contribution is -2.40. The average molecular weight is 934 g/mol. The Morgan fingerprint density at radius 2 is 0.682 bits per heavy atom. The Kier molecular flexibility index (Phi) is 44.2. The van der Waals surface area contributed by atoms with Gasteiger partial charge in [0.2, 0.25) is 0 Å². The van der Waals surface area contributed by atoms with Crippen molar-refractivity contribution in [3.8, 4) is 0 Å². The molecule has 1 aliphatic rings. The van der Waals surface area contributed by atoms with Crippen LogP contribution >= 0.6 is 0 Å². The number of rotatable bonds is 49. The van der Waals surface area contributed by atoms with E-state index in [1.807, 2.05) is 4.90 Å². The quantitative estimate of drug-likeness (QED) is 0.0341. The van der Waals surface area contributed by atoms with Gasteiger partial charge < -0.3 is 24.0 Å². The predicted molar refractivity (Wildman–Crippen MR) is 280 cm³/mol. The molecule has 1 rings (SSSR count). The van der Waals surface area contributed by atoms with Crippen LogP contribution in [0.25, 0.3) is 0 Å². The lowest BCUT2D eigenvalue weighted by molar-refractivity contribution is -0.151. The number of hydrogen-bond acceptors (Lipinski definition) is 7. The van der Waals surface area contributed by atoms with E-state index in [1.54, 1.807) is 0 Å². The van der Waals surface area contributed by atoms with Gasteiger partial charge in [0.1, 0.15) is 18.3 Å². The van der Waals surface area contributed by atoms with Gasteiger partial charge >= 0.3 is 18.0 Å². The lowest BCUT2D eigenvalue weighted by Gasteiger charge is -2.27. The maximum atomic E-state index is 13.8. The summed E-state index contributed by atoms with van der Waals surface area (Å²) in [5.74, 6) is 0.000880. The summed E-state index contributed by atoms with van der Waals surface area (Å²) in [5.41, 5.74) is 0. The number of amides is 1. The topological polar surface area (TPSA) is 85.4 Å². The third kappa shape index (κ3) is 38.1. The molecule has 1 fully saturated rings. The molecular weight excluding hydrogens is 821 g/mol. The number of nitrogens with zero attached hydrogens (tertiary/aromatic N) is 2. The average Bonchev–Trinajstić information content (AvgIpc) is 3.84. The van der Waals surface area contributed by atoms with Gasteiger partial charge in [0.25, 0.3) is 0 Å². The fourth-order valence-corrected chi connectivity index (χ4v) is 9.68. The Balaban J connectivity index is 2.58. The van der Waals surface area contributed by atoms with Crippen LogP contribution in [0.5, 0.6) is 0 Å². The molecule has 0 aromatic rings. The van der Waals surface area contributed by atoms with Crippen molar-refractivity contribution in [3.05, 3.63) is 0 Å². The van der Waals surface area contributed by atoms with Gasteiger partial charge in [0.05, 0.1) is 0 Å². The van der Waals surface area contributed by atoms with Gasteiger partial charge in [-0.3, -0.25) is 9.59 Å². The third-order valence-electron chi connectivity index (χ3n) is 14.1. The molecule has 66 heavy (non-hydrogen) atoms. The standard InChI is InChI=1S/C58H112N2O6/c1-6-11-16-29-40-53(41-30-17-12-7-2)64-56(61)46-35-27-23-21-25-33-44-55(66-58(63)60(50-37-20-15-10-5)52-51-59-48-38-39-49-59)45-34-26-22-24-28-36-47-57(62)65-54(42-31-18-13-8-3)43-32-19-14-9-4/h53-55H,6-52H2,1-5H3. The summed E-state index contributed by atoms with van der Waals surface area (Å²) in [6.07, 6.45) is 46.7. The first-order chi connectivity index (χ1) is 32.4. The van der Waals surface area contributed by atoms with Crippen molar-refractivity contribution >= 4 is 18.0 Å². The van der Waals surface area contributed by atoms with E-state index in [9.17, 15) is 14.4 Å². The molecule has 0 radical (unpaired) electrons. The normalized spacial score (nSPS) is 13.1. The third-order valence-corrected chi connectivity index (χ3v) is 14.1. The van der Waals surface area contributed by atoms with Crippen LogP contribution in [0, 0.1) is 0 Å². The highest BCUT2D eigenvalue weighted by molar-refractivity contribution is 5.70. The number of carbonyl (C=O) groups excluding carboxylic acids is 3. The van der Waals surface area contributed by atoms with Crippen LogP contribution in [0.2, 0.25) is 0 Å². The van der Waals surface area contributed by atoms with Crippen molar-refractivity contribution in [3.63, 3.8) is 0 Å². The van der Waals surface area contributed by atoms with E-state index in [1.165, 1.54) is 103 Å². The zero-order chi connectivity index (χ0) is 48.0. The first kappa shape index (κ1) is 62.2. The summed E-state index contributed by atoms with van der Waals surface area (Å²) < 4.78 is 18.4. The van der Waals surface area contributed by atoms with Gasteiger partial charge in [-0.05, 0) is 122 Å². The van der Waals surface area contributed by atoms with Crippen LogP contribution in [0.4, 0.5) is 4.79 Å². The number of carbonyl (C=O) groups is 3. The zero-order valence-corrected chi connectivity index (χ0v) is 44.8. The number of likely N-dealkylation sites (tertiary alicyclic amines) is 1. The van der Waals surface area contributed by atoms with Crippen LogP contribution in [-0.2, 0) is 23.8 Å². The lowest BCUT2D eigenvalue weighted by atomic mass is 10.0. The molecular formula is C58H112N2O6. The highest BCUT2D eigenvalue weighted by Crippen LogP contribution is 2.22. The van der Waals surface area contributed by atoms with Crippen molar-refractivity contribution < 1.29 is 28.6 Å². The number of hydrogen-bond donors (Lipinski definition) is 0. The largest absolute Gasteiger partial charge is 0.462 e. The molecule has 0 unspecified atom stereocenters. The summed E-state index contributed by atoms with van der Waals surface area (Å²) in [6, 6.07) is 0. The fraction of sp³-hybridized carbons (Fsp3) is 0.948. The van der Waals surface area contributed by atoms with Crippen molar-refractivity contribution in [2.24, 2.45) is 0 Å². The minimum absolute atomic E-state index is 0.000440. The van der Waals surface area contributed by atoms with Crippen molar-refractivity contribution in [2.75, 3.05) is 32.7 Å². The van der Waals surface area contributed by atoms with E-state index in [4.69, 9.17) is 14.2 Å².